The third-order valence-electron chi connectivity index (χ3n) is 12.1. The first kappa shape index (κ1) is 43.4. The van der Waals surface area contributed by atoms with Crippen LogP contribution in [0.4, 0.5) is 18.0 Å². The summed E-state index contributed by atoms with van der Waals surface area (Å²) >= 11 is 0. The Kier molecular flexibility index (Phi) is 11.3. The molecule has 0 unspecified atom stereocenters. The number of allylic oxidation sites excluding steroid dienone is 1. The maximum absolute atomic E-state index is 14.8. The van der Waals surface area contributed by atoms with E-state index in [1.807, 2.05) is 6.08 Å². The number of ether oxygens (including phenoxy) is 3. The predicted octanol–water partition coefficient (Wildman–Crippen LogP) is 4.58. The fourth-order valence-corrected chi connectivity index (χ4v) is 9.72. The monoisotopic (exact) mass is 863 g/mol. The van der Waals surface area contributed by atoms with Crippen molar-refractivity contribution in [3.63, 3.8) is 0 Å². The van der Waals surface area contributed by atoms with Crippen molar-refractivity contribution in [3.8, 4) is 11.5 Å². The number of aliphatic hydroxyl groups is 1. The number of aryl methyl sites for hydroxylation is 1. The van der Waals surface area contributed by atoms with Gasteiger partial charge in [-0.15, -0.1) is 0 Å². The summed E-state index contributed by atoms with van der Waals surface area (Å²) < 4.78 is 89.3. The van der Waals surface area contributed by atoms with E-state index in [2.05, 4.69) is 20.3 Å². The summed E-state index contributed by atoms with van der Waals surface area (Å²) in [6.07, 6.45) is 0.965. The van der Waals surface area contributed by atoms with Gasteiger partial charge in [0, 0.05) is 23.3 Å². The molecule has 0 radical (unpaired) electrons. The van der Waals surface area contributed by atoms with Crippen LogP contribution in [0.25, 0.3) is 10.9 Å². The molecule has 5 atom stereocenters. The molecule has 2 aliphatic carbocycles. The second-order valence-electron chi connectivity index (χ2n) is 17.9. The molecule has 3 aliphatic heterocycles. The van der Waals surface area contributed by atoms with Gasteiger partial charge in [0.05, 0.1) is 23.4 Å². The van der Waals surface area contributed by atoms with Crippen molar-refractivity contribution in [2.75, 3.05) is 19.8 Å². The van der Waals surface area contributed by atoms with Crippen LogP contribution in [-0.4, -0.2) is 101 Å². The topological polar surface area (TPSA) is 203 Å². The molecule has 3 fully saturated rings. The van der Waals surface area contributed by atoms with Crippen molar-refractivity contribution in [1.29, 1.82) is 0 Å². The molecule has 4 N–H and O–H groups in total. The first-order chi connectivity index (χ1) is 28.1. The third-order valence-corrected chi connectivity index (χ3v) is 14.3. The fraction of sp³-hybridized carbons (Fsp3) is 0.634. The predicted molar refractivity (Wildman–Crippen MR) is 210 cm³/mol. The van der Waals surface area contributed by atoms with Crippen LogP contribution in [0.2, 0.25) is 0 Å². The van der Waals surface area contributed by atoms with E-state index in [4.69, 9.17) is 14.2 Å². The Hall–Kier alpha value is -4.65. The second kappa shape index (κ2) is 15.7. The molecule has 1 saturated heterocycles. The number of rotatable bonds is 7. The number of hydrogen-bond acceptors (Lipinski definition) is 11. The van der Waals surface area contributed by atoms with Gasteiger partial charge in [0.1, 0.15) is 41.2 Å². The molecule has 15 nitrogen and oxygen atoms in total. The van der Waals surface area contributed by atoms with E-state index in [9.17, 15) is 45.9 Å². The minimum absolute atomic E-state index is 0.0205. The molecule has 60 heavy (non-hydrogen) atoms. The highest BCUT2D eigenvalue weighted by Gasteiger charge is 2.64. The summed E-state index contributed by atoms with van der Waals surface area (Å²) in [5.74, 6) is -3.29. The molecule has 1 aromatic carbocycles. The molecule has 5 aliphatic rings. The highest BCUT2D eigenvalue weighted by Crippen LogP contribution is 2.50. The first-order valence-electron chi connectivity index (χ1n) is 20.4. The van der Waals surface area contributed by atoms with Crippen molar-refractivity contribution in [2.45, 2.75) is 138 Å². The maximum Gasteiger partial charge on any atom is 0.437 e. The summed E-state index contributed by atoms with van der Waals surface area (Å²) in [5, 5.41) is 15.0. The van der Waals surface area contributed by atoms with Gasteiger partial charge in [-0.2, -0.15) is 13.2 Å². The number of aromatic nitrogens is 1. The number of nitrogens with zero attached hydrogens (tertiary/aromatic N) is 2. The van der Waals surface area contributed by atoms with E-state index < -0.39 is 90.9 Å². The van der Waals surface area contributed by atoms with Gasteiger partial charge < -0.3 is 34.9 Å². The number of aliphatic hydroxyl groups excluding tert-OH is 1. The number of alkyl carbamates (subject to hydrolysis) is 1. The third kappa shape index (κ3) is 8.74. The normalized spacial score (nSPS) is 28.5. The average Bonchev–Trinajstić information content (AvgIpc) is 4.05. The van der Waals surface area contributed by atoms with Crippen LogP contribution in [0.3, 0.4) is 0 Å². The number of carbonyl (C=O) groups excluding carboxylic acids is 4. The SMILES string of the molecule is CC(C)(C)OC(=O)N[C@H]1CCCCC/C=C\[C@@H]2C[C@@]2(C(=O)NS(=O)(=O)C2(C)CC2)NC(=O)[C@@H]2C[C@]3(CCc4c(c(C(F)(F)F)nc5ccc(OCCO)cc45)O3)CN2C1=O. The first-order valence-corrected chi connectivity index (χ1v) is 21.9. The standard InChI is InChI=1S/C41H52F3N5O10S/c1-37(2,3)59-36(54)46-29-11-9-7-5-6-8-10-24-21-40(24,35(53)48-60(55,56)38(4)16-17-38)47-33(51)30-22-39(23-49(30)34(29)52)15-14-26-27-20-25(57-19-18-50)12-13-28(27)45-32(31(26)58-39)41(42,43)44/h8,10,12-13,20,24,29-30,50H,5-7,9,11,14-19,21-23H2,1-4H3,(H,46,54)(H,47,51)(H,48,53)/b10-8-/t24-,29+,30+,39-,40-/m1/s1. The average molecular weight is 864 g/mol. The van der Waals surface area contributed by atoms with Crippen LogP contribution in [0, 0.1) is 5.92 Å². The molecule has 4 amide bonds. The summed E-state index contributed by atoms with van der Waals surface area (Å²) in [7, 11) is -4.11. The summed E-state index contributed by atoms with van der Waals surface area (Å²) in [6, 6.07) is 1.74. The van der Waals surface area contributed by atoms with Crippen molar-refractivity contribution < 1.29 is 60.1 Å². The summed E-state index contributed by atoms with van der Waals surface area (Å²) in [6.45, 7) is 5.80. The van der Waals surface area contributed by atoms with Gasteiger partial charge in [-0.05, 0) is 97.3 Å². The number of nitrogens with one attached hydrogen (secondary N) is 3. The molecule has 19 heteroatoms. The fourth-order valence-electron chi connectivity index (χ4n) is 8.40. The Morgan fingerprint density at radius 2 is 1.85 bits per heavy atom. The zero-order valence-electron chi connectivity index (χ0n) is 34.1. The molecule has 7 rings (SSSR count). The van der Waals surface area contributed by atoms with Crippen LogP contribution in [-0.2, 0) is 41.7 Å². The number of alkyl halides is 3. The van der Waals surface area contributed by atoms with E-state index in [1.165, 1.54) is 30.0 Å². The van der Waals surface area contributed by atoms with Crippen molar-refractivity contribution in [1.82, 2.24) is 25.2 Å². The number of benzene rings is 1. The Bertz CT molecular complexity index is 2210. The Morgan fingerprint density at radius 3 is 2.53 bits per heavy atom. The van der Waals surface area contributed by atoms with E-state index in [-0.39, 0.29) is 62.9 Å². The van der Waals surface area contributed by atoms with E-state index in [1.54, 1.807) is 26.8 Å². The Morgan fingerprint density at radius 1 is 1.10 bits per heavy atom. The molecule has 1 aromatic heterocycles. The molecular formula is C41H52F3N5O10S. The van der Waals surface area contributed by atoms with E-state index in [0.29, 0.717) is 49.7 Å². The van der Waals surface area contributed by atoms with Gasteiger partial charge in [0.25, 0.3) is 5.91 Å². The largest absolute Gasteiger partial charge is 0.491 e. The van der Waals surface area contributed by atoms with Gasteiger partial charge in [0.2, 0.25) is 21.8 Å². The highest BCUT2D eigenvalue weighted by molar-refractivity contribution is 7.91. The molecule has 328 valence electrons. The lowest BCUT2D eigenvalue weighted by Gasteiger charge is -2.37. The van der Waals surface area contributed by atoms with Gasteiger partial charge >= 0.3 is 12.3 Å². The lowest BCUT2D eigenvalue weighted by atomic mass is 9.87. The Labute approximate surface area is 346 Å². The number of sulfonamides is 1. The molecule has 1 spiro atoms. The van der Waals surface area contributed by atoms with Gasteiger partial charge in [-0.1, -0.05) is 25.0 Å². The number of halogens is 3. The number of amides is 4. The molecule has 2 saturated carbocycles. The zero-order chi connectivity index (χ0) is 43.5. The minimum Gasteiger partial charge on any atom is -0.491 e. The quantitative estimate of drug-likeness (QED) is 0.284. The molecule has 4 heterocycles. The van der Waals surface area contributed by atoms with Crippen molar-refractivity contribution in [2.24, 2.45) is 5.92 Å². The van der Waals surface area contributed by atoms with Crippen LogP contribution in [0.1, 0.15) is 103 Å². The van der Waals surface area contributed by atoms with E-state index >= 15 is 0 Å². The van der Waals surface area contributed by atoms with E-state index in [0.717, 1.165) is 0 Å². The van der Waals surface area contributed by atoms with Crippen molar-refractivity contribution in [3.05, 3.63) is 41.6 Å². The lowest BCUT2D eigenvalue weighted by molar-refractivity contribution is -0.144. The lowest BCUT2D eigenvalue weighted by Crippen LogP contribution is -2.58. The second-order valence-corrected chi connectivity index (χ2v) is 20.1. The number of fused-ring (bicyclic) bond motifs is 5. The minimum atomic E-state index is -4.96. The smallest absolute Gasteiger partial charge is 0.437 e. The van der Waals surface area contributed by atoms with Gasteiger partial charge in [-0.25, -0.2) is 18.2 Å². The van der Waals surface area contributed by atoms with Crippen LogP contribution in [0.5, 0.6) is 11.5 Å². The number of pyridine rings is 1. The number of hydrogen-bond donors (Lipinski definition) is 4. The summed E-state index contributed by atoms with van der Waals surface area (Å²) in [4.78, 5) is 61.6. The zero-order valence-corrected chi connectivity index (χ0v) is 34.9. The molecule has 2 aromatic rings. The molecular weight excluding hydrogens is 812 g/mol. The van der Waals surface area contributed by atoms with Crippen molar-refractivity contribution >= 4 is 44.7 Å². The van der Waals surface area contributed by atoms with Crippen LogP contribution >= 0.6 is 0 Å². The summed E-state index contributed by atoms with van der Waals surface area (Å²) in [5.41, 5.74) is -5.21. The van der Waals surface area contributed by atoms with Crippen LogP contribution in [0.15, 0.2) is 30.4 Å². The van der Waals surface area contributed by atoms with Gasteiger partial charge in [0.15, 0.2) is 11.4 Å². The van der Waals surface area contributed by atoms with Crippen LogP contribution < -0.4 is 24.8 Å². The number of carbonyl (C=O) groups is 4. The molecule has 0 bridgehead atoms. The Balaban J connectivity index is 1.27. The highest BCUT2D eigenvalue weighted by atomic mass is 32.2. The van der Waals surface area contributed by atoms with Gasteiger partial charge in [-0.3, -0.25) is 19.1 Å². The maximum atomic E-state index is 14.8.